The Hall–Kier alpha value is -1.95. The summed E-state index contributed by atoms with van der Waals surface area (Å²) < 4.78 is 0. The van der Waals surface area contributed by atoms with E-state index in [0.29, 0.717) is 17.2 Å². The molecule has 0 bridgehead atoms. The van der Waals surface area contributed by atoms with Crippen LogP contribution in [0.3, 0.4) is 0 Å². The molecule has 1 saturated carbocycles. The Morgan fingerprint density at radius 3 is 2.39 bits per heavy atom. The van der Waals surface area contributed by atoms with Crippen molar-refractivity contribution in [3.63, 3.8) is 0 Å². The first-order valence-electron chi connectivity index (χ1n) is 8.34. The van der Waals surface area contributed by atoms with E-state index in [9.17, 15) is 14.9 Å². The average molecular weight is 317 g/mol. The van der Waals surface area contributed by atoms with Crippen molar-refractivity contribution in [2.45, 2.75) is 38.6 Å². The van der Waals surface area contributed by atoms with Crippen molar-refractivity contribution in [2.75, 3.05) is 26.2 Å². The number of hydrogen-bond acceptors (Lipinski definition) is 4. The zero-order chi connectivity index (χ0) is 16.4. The molecule has 0 radical (unpaired) electrons. The van der Waals surface area contributed by atoms with Gasteiger partial charge in [-0.25, -0.2) is 0 Å². The van der Waals surface area contributed by atoms with Crippen LogP contribution in [0.25, 0.3) is 0 Å². The molecule has 23 heavy (non-hydrogen) atoms. The molecule has 1 amide bonds. The van der Waals surface area contributed by atoms with Crippen molar-refractivity contribution in [1.82, 2.24) is 9.80 Å². The smallest absolute Gasteiger partial charge is 0.272 e. The van der Waals surface area contributed by atoms with Crippen LogP contribution < -0.4 is 0 Å². The third kappa shape index (κ3) is 3.37. The van der Waals surface area contributed by atoms with Gasteiger partial charge in [0.1, 0.15) is 0 Å². The van der Waals surface area contributed by atoms with Gasteiger partial charge in [-0.2, -0.15) is 0 Å². The molecule has 1 heterocycles. The van der Waals surface area contributed by atoms with Gasteiger partial charge in [0.25, 0.3) is 11.6 Å². The highest BCUT2D eigenvalue weighted by atomic mass is 16.6. The van der Waals surface area contributed by atoms with Gasteiger partial charge in [0.2, 0.25) is 0 Å². The summed E-state index contributed by atoms with van der Waals surface area (Å²) >= 11 is 0. The minimum Gasteiger partial charge on any atom is -0.336 e. The monoisotopic (exact) mass is 317 g/mol. The molecule has 1 aliphatic carbocycles. The Bertz CT molecular complexity index is 603. The maximum Gasteiger partial charge on any atom is 0.272 e. The fourth-order valence-corrected chi connectivity index (χ4v) is 3.74. The lowest BCUT2D eigenvalue weighted by Gasteiger charge is -2.38. The third-order valence-electron chi connectivity index (χ3n) is 5.08. The van der Waals surface area contributed by atoms with Crippen molar-refractivity contribution in [2.24, 2.45) is 0 Å². The summed E-state index contributed by atoms with van der Waals surface area (Å²) in [5.74, 6) is -0.0194. The van der Waals surface area contributed by atoms with Crippen molar-refractivity contribution >= 4 is 11.6 Å². The number of amides is 1. The van der Waals surface area contributed by atoms with Crippen LogP contribution in [0.2, 0.25) is 0 Å². The summed E-state index contributed by atoms with van der Waals surface area (Å²) in [6.07, 6.45) is 5.22. The number of nitro benzene ring substituents is 1. The SMILES string of the molecule is Cc1cc(C(=O)N2CCN(C3CCCC3)CC2)ccc1[N+](=O)[O-]. The Labute approximate surface area is 136 Å². The largest absolute Gasteiger partial charge is 0.336 e. The molecule has 1 aromatic rings. The summed E-state index contributed by atoms with van der Waals surface area (Å²) in [7, 11) is 0. The maximum atomic E-state index is 12.6. The number of hydrogen-bond donors (Lipinski definition) is 0. The van der Waals surface area contributed by atoms with Crippen LogP contribution in [-0.4, -0.2) is 52.9 Å². The topological polar surface area (TPSA) is 66.7 Å². The number of rotatable bonds is 3. The summed E-state index contributed by atoms with van der Waals surface area (Å²) in [5, 5.41) is 10.9. The van der Waals surface area contributed by atoms with Gasteiger partial charge < -0.3 is 4.90 Å². The van der Waals surface area contributed by atoms with Crippen LogP contribution in [0.4, 0.5) is 5.69 Å². The molecule has 124 valence electrons. The number of nitrogens with zero attached hydrogens (tertiary/aromatic N) is 3. The molecule has 2 fully saturated rings. The fourth-order valence-electron chi connectivity index (χ4n) is 3.74. The van der Waals surface area contributed by atoms with Crippen LogP contribution >= 0.6 is 0 Å². The second kappa shape index (κ2) is 6.66. The molecule has 1 aliphatic heterocycles. The molecule has 3 rings (SSSR count). The molecule has 0 atom stereocenters. The fraction of sp³-hybridized carbons (Fsp3) is 0.588. The van der Waals surface area contributed by atoms with Crippen molar-refractivity contribution in [3.8, 4) is 0 Å². The Morgan fingerprint density at radius 1 is 1.17 bits per heavy atom. The summed E-state index contributed by atoms with van der Waals surface area (Å²) in [4.78, 5) is 27.4. The van der Waals surface area contributed by atoms with E-state index in [0.717, 1.165) is 26.2 Å². The van der Waals surface area contributed by atoms with Gasteiger partial charge in [0, 0.05) is 49.4 Å². The van der Waals surface area contributed by atoms with Gasteiger partial charge >= 0.3 is 0 Å². The van der Waals surface area contributed by atoms with Crippen molar-refractivity contribution < 1.29 is 9.72 Å². The van der Waals surface area contributed by atoms with Crippen molar-refractivity contribution in [1.29, 1.82) is 0 Å². The lowest BCUT2D eigenvalue weighted by Crippen LogP contribution is -2.51. The van der Waals surface area contributed by atoms with E-state index < -0.39 is 4.92 Å². The minimum absolute atomic E-state index is 0.0194. The number of carbonyl (C=O) groups is 1. The van der Waals surface area contributed by atoms with E-state index in [1.807, 2.05) is 4.90 Å². The van der Waals surface area contributed by atoms with E-state index in [4.69, 9.17) is 0 Å². The first-order valence-corrected chi connectivity index (χ1v) is 8.34. The van der Waals surface area contributed by atoms with E-state index in [1.54, 1.807) is 19.1 Å². The van der Waals surface area contributed by atoms with E-state index in [-0.39, 0.29) is 11.6 Å². The highest BCUT2D eigenvalue weighted by molar-refractivity contribution is 5.94. The first-order chi connectivity index (χ1) is 11.1. The molecule has 0 N–H and O–H groups in total. The van der Waals surface area contributed by atoms with Gasteiger partial charge in [-0.15, -0.1) is 0 Å². The second-order valence-electron chi connectivity index (χ2n) is 6.52. The molecule has 0 aromatic heterocycles. The summed E-state index contributed by atoms with van der Waals surface area (Å²) in [5.41, 5.74) is 1.14. The van der Waals surface area contributed by atoms with E-state index in [2.05, 4.69) is 4.90 Å². The third-order valence-corrected chi connectivity index (χ3v) is 5.08. The van der Waals surface area contributed by atoms with E-state index in [1.165, 1.54) is 31.7 Å². The molecule has 6 heteroatoms. The van der Waals surface area contributed by atoms with Crippen LogP contribution in [0.15, 0.2) is 18.2 Å². The first kappa shape index (κ1) is 15.9. The number of carbonyl (C=O) groups excluding carboxylic acids is 1. The van der Waals surface area contributed by atoms with Crippen LogP contribution in [0, 0.1) is 17.0 Å². The average Bonchev–Trinajstić information content (AvgIpc) is 3.08. The molecular formula is C17H23N3O3. The number of nitro groups is 1. The molecule has 0 spiro atoms. The Balaban J connectivity index is 1.63. The maximum absolute atomic E-state index is 12.6. The second-order valence-corrected chi connectivity index (χ2v) is 6.52. The van der Waals surface area contributed by atoms with Gasteiger partial charge in [0.05, 0.1) is 4.92 Å². The Kier molecular flexibility index (Phi) is 4.61. The van der Waals surface area contributed by atoms with Gasteiger partial charge in [-0.05, 0) is 31.9 Å². The molecule has 6 nitrogen and oxygen atoms in total. The highest BCUT2D eigenvalue weighted by Crippen LogP contribution is 2.25. The Morgan fingerprint density at radius 2 is 1.83 bits per heavy atom. The standard InChI is InChI=1S/C17H23N3O3/c1-13-12-14(6-7-16(13)20(22)23)17(21)19-10-8-18(9-11-19)15-4-2-3-5-15/h6-7,12,15H,2-5,8-11H2,1H3. The molecular weight excluding hydrogens is 294 g/mol. The van der Waals surface area contributed by atoms with Crippen LogP contribution in [-0.2, 0) is 0 Å². The predicted octanol–water partition coefficient (Wildman–Crippen LogP) is 2.60. The zero-order valence-electron chi connectivity index (χ0n) is 13.5. The molecule has 1 aromatic carbocycles. The minimum atomic E-state index is -0.413. The lowest BCUT2D eigenvalue weighted by molar-refractivity contribution is -0.385. The normalized spacial score (nSPS) is 20.0. The summed E-state index contributed by atoms with van der Waals surface area (Å²) in [6, 6.07) is 5.33. The summed E-state index contributed by atoms with van der Waals surface area (Å²) in [6.45, 7) is 5.02. The van der Waals surface area contributed by atoms with Gasteiger partial charge in [0.15, 0.2) is 0 Å². The quantitative estimate of drug-likeness (QED) is 0.635. The molecule has 1 saturated heterocycles. The van der Waals surface area contributed by atoms with Gasteiger partial charge in [-0.3, -0.25) is 19.8 Å². The predicted molar refractivity (Wildman–Crippen MR) is 87.6 cm³/mol. The van der Waals surface area contributed by atoms with Gasteiger partial charge in [-0.1, -0.05) is 12.8 Å². The van der Waals surface area contributed by atoms with Crippen LogP contribution in [0.1, 0.15) is 41.6 Å². The number of piperazine rings is 1. The highest BCUT2D eigenvalue weighted by Gasteiger charge is 2.28. The number of benzene rings is 1. The van der Waals surface area contributed by atoms with Crippen molar-refractivity contribution in [3.05, 3.63) is 39.4 Å². The lowest BCUT2D eigenvalue weighted by atomic mass is 10.1. The number of aryl methyl sites for hydroxylation is 1. The van der Waals surface area contributed by atoms with Crippen LogP contribution in [0.5, 0.6) is 0 Å². The molecule has 0 unspecified atom stereocenters. The molecule has 2 aliphatic rings. The van der Waals surface area contributed by atoms with E-state index >= 15 is 0 Å². The zero-order valence-corrected chi connectivity index (χ0v) is 13.5.